The van der Waals surface area contributed by atoms with Crippen LogP contribution in [0.5, 0.6) is 11.5 Å². The van der Waals surface area contributed by atoms with Crippen molar-refractivity contribution in [3.63, 3.8) is 0 Å². The highest BCUT2D eigenvalue weighted by Crippen LogP contribution is 2.18. The van der Waals surface area contributed by atoms with E-state index in [0.29, 0.717) is 18.8 Å². The van der Waals surface area contributed by atoms with E-state index < -0.39 is 0 Å². The van der Waals surface area contributed by atoms with Crippen LogP contribution in [-0.4, -0.2) is 26.8 Å². The zero-order valence-corrected chi connectivity index (χ0v) is 10.4. The minimum atomic E-state index is -0.235. The maximum Gasteiger partial charge on any atom is 0.312 e. The highest BCUT2D eigenvalue weighted by molar-refractivity contribution is 5.72. The molecule has 0 aliphatic carbocycles. The maximum atomic E-state index is 11.3. The highest BCUT2D eigenvalue weighted by Gasteiger charge is 2.17. The lowest BCUT2D eigenvalue weighted by molar-refractivity contribution is -0.146. The zero-order valence-electron chi connectivity index (χ0n) is 10.4. The van der Waals surface area contributed by atoms with E-state index in [4.69, 9.17) is 9.47 Å². The van der Waals surface area contributed by atoms with Gasteiger partial charge in [-0.2, -0.15) is 0 Å². The highest BCUT2D eigenvalue weighted by atomic mass is 16.5. The van der Waals surface area contributed by atoms with Gasteiger partial charge in [0.05, 0.1) is 20.1 Å². The van der Waals surface area contributed by atoms with Crippen molar-refractivity contribution in [1.82, 2.24) is 0 Å². The van der Waals surface area contributed by atoms with Crippen molar-refractivity contribution in [2.45, 2.75) is 13.3 Å². The van der Waals surface area contributed by atoms with Gasteiger partial charge in [0.1, 0.15) is 18.1 Å². The Labute approximate surface area is 101 Å². The van der Waals surface area contributed by atoms with Gasteiger partial charge in [-0.3, -0.25) is 4.79 Å². The molecule has 0 bridgehead atoms. The molecule has 1 unspecified atom stereocenters. The number of hydrogen-bond donors (Lipinski definition) is 0. The monoisotopic (exact) mass is 238 g/mol. The van der Waals surface area contributed by atoms with Crippen LogP contribution in [0.3, 0.4) is 0 Å². The molecule has 4 nitrogen and oxygen atoms in total. The fourth-order valence-electron chi connectivity index (χ4n) is 1.39. The Morgan fingerprint density at radius 2 is 1.76 bits per heavy atom. The van der Waals surface area contributed by atoms with E-state index in [9.17, 15) is 4.79 Å². The number of benzene rings is 1. The summed E-state index contributed by atoms with van der Waals surface area (Å²) in [7, 11) is 3.00. The second-order valence-electron chi connectivity index (χ2n) is 3.61. The number of carbonyl (C=O) groups is 1. The standard InChI is InChI=1S/C13H18O4/c1-4-10(13(14)16-3)9-17-12-7-5-11(15-2)6-8-12/h5-8,10H,4,9H2,1-3H3. The van der Waals surface area contributed by atoms with E-state index in [1.807, 2.05) is 31.2 Å². The van der Waals surface area contributed by atoms with E-state index in [-0.39, 0.29) is 11.9 Å². The van der Waals surface area contributed by atoms with Gasteiger partial charge < -0.3 is 14.2 Å². The van der Waals surface area contributed by atoms with Gasteiger partial charge in [-0.15, -0.1) is 0 Å². The van der Waals surface area contributed by atoms with Crippen molar-refractivity contribution < 1.29 is 19.0 Å². The molecule has 1 atom stereocenters. The molecule has 0 saturated carbocycles. The van der Waals surface area contributed by atoms with Crippen LogP contribution in [-0.2, 0) is 9.53 Å². The third-order valence-electron chi connectivity index (χ3n) is 2.54. The fraction of sp³-hybridized carbons (Fsp3) is 0.462. The summed E-state index contributed by atoms with van der Waals surface area (Å²) in [5.41, 5.74) is 0. The van der Waals surface area contributed by atoms with Crippen LogP contribution in [0.15, 0.2) is 24.3 Å². The summed E-state index contributed by atoms with van der Waals surface area (Å²) >= 11 is 0. The second kappa shape index (κ2) is 6.78. The Kier molecular flexibility index (Phi) is 5.33. The van der Waals surface area contributed by atoms with Gasteiger partial charge in [0.15, 0.2) is 0 Å². The molecule has 1 aromatic carbocycles. The van der Waals surface area contributed by atoms with E-state index in [2.05, 4.69) is 4.74 Å². The summed E-state index contributed by atoms with van der Waals surface area (Å²) in [6.07, 6.45) is 0.697. The van der Waals surface area contributed by atoms with Crippen LogP contribution >= 0.6 is 0 Å². The first-order chi connectivity index (χ1) is 8.21. The first kappa shape index (κ1) is 13.4. The van der Waals surface area contributed by atoms with Gasteiger partial charge in [0.2, 0.25) is 0 Å². The quantitative estimate of drug-likeness (QED) is 0.713. The minimum Gasteiger partial charge on any atom is -0.497 e. The molecule has 0 radical (unpaired) electrons. The van der Waals surface area contributed by atoms with Crippen LogP contribution in [0.2, 0.25) is 0 Å². The molecule has 1 aromatic rings. The first-order valence-electron chi connectivity index (χ1n) is 5.56. The number of methoxy groups -OCH3 is 2. The number of ether oxygens (including phenoxy) is 3. The molecular weight excluding hydrogens is 220 g/mol. The summed E-state index contributed by atoms with van der Waals surface area (Å²) < 4.78 is 15.3. The van der Waals surface area contributed by atoms with Crippen LogP contribution in [0.4, 0.5) is 0 Å². The molecule has 0 fully saturated rings. The lowest BCUT2D eigenvalue weighted by Crippen LogP contribution is -2.22. The summed E-state index contributed by atoms with van der Waals surface area (Å²) in [5, 5.41) is 0. The predicted molar refractivity (Wildman–Crippen MR) is 64.3 cm³/mol. The van der Waals surface area contributed by atoms with E-state index in [1.165, 1.54) is 7.11 Å². The number of rotatable bonds is 6. The average molecular weight is 238 g/mol. The smallest absolute Gasteiger partial charge is 0.312 e. The van der Waals surface area contributed by atoms with Crippen LogP contribution in [0, 0.1) is 5.92 Å². The molecule has 0 N–H and O–H groups in total. The zero-order chi connectivity index (χ0) is 12.7. The summed E-state index contributed by atoms with van der Waals surface area (Å²) in [5.74, 6) is 1.04. The van der Waals surface area contributed by atoms with Crippen LogP contribution in [0.1, 0.15) is 13.3 Å². The molecular formula is C13H18O4. The topological polar surface area (TPSA) is 44.8 Å². The molecule has 0 aliphatic rings. The molecule has 17 heavy (non-hydrogen) atoms. The lowest BCUT2D eigenvalue weighted by Gasteiger charge is -2.13. The number of hydrogen-bond acceptors (Lipinski definition) is 4. The fourth-order valence-corrected chi connectivity index (χ4v) is 1.39. The molecule has 0 aromatic heterocycles. The van der Waals surface area contributed by atoms with Crippen molar-refractivity contribution in [2.24, 2.45) is 5.92 Å². The average Bonchev–Trinajstić information content (AvgIpc) is 2.39. The second-order valence-corrected chi connectivity index (χ2v) is 3.61. The molecule has 0 spiro atoms. The first-order valence-corrected chi connectivity index (χ1v) is 5.56. The van der Waals surface area contributed by atoms with E-state index in [1.54, 1.807) is 7.11 Å². The van der Waals surface area contributed by atoms with Gasteiger partial charge >= 0.3 is 5.97 Å². The molecule has 1 rings (SSSR count). The van der Waals surface area contributed by atoms with E-state index in [0.717, 1.165) is 5.75 Å². The Bertz CT molecular complexity index is 345. The van der Waals surface area contributed by atoms with Crippen molar-refractivity contribution in [1.29, 1.82) is 0 Å². The van der Waals surface area contributed by atoms with Crippen molar-refractivity contribution >= 4 is 5.97 Å². The van der Waals surface area contributed by atoms with E-state index >= 15 is 0 Å². The van der Waals surface area contributed by atoms with Gasteiger partial charge in [0.25, 0.3) is 0 Å². The number of carbonyl (C=O) groups excluding carboxylic acids is 1. The molecule has 0 aliphatic heterocycles. The van der Waals surface area contributed by atoms with Gasteiger partial charge in [-0.25, -0.2) is 0 Å². The van der Waals surface area contributed by atoms with Crippen LogP contribution < -0.4 is 9.47 Å². The molecule has 0 amide bonds. The van der Waals surface area contributed by atoms with Crippen molar-refractivity contribution in [2.75, 3.05) is 20.8 Å². The molecule has 94 valence electrons. The van der Waals surface area contributed by atoms with Crippen molar-refractivity contribution in [3.05, 3.63) is 24.3 Å². The Balaban J connectivity index is 2.50. The van der Waals surface area contributed by atoms with Crippen LogP contribution in [0.25, 0.3) is 0 Å². The number of esters is 1. The van der Waals surface area contributed by atoms with Gasteiger partial charge in [-0.05, 0) is 30.7 Å². The van der Waals surface area contributed by atoms with Gasteiger partial charge in [0, 0.05) is 0 Å². The molecule has 0 heterocycles. The normalized spacial score (nSPS) is 11.7. The largest absolute Gasteiger partial charge is 0.497 e. The Hall–Kier alpha value is -1.71. The summed E-state index contributed by atoms with van der Waals surface area (Å²) in [6.45, 7) is 2.26. The summed E-state index contributed by atoms with van der Waals surface area (Å²) in [4.78, 5) is 11.3. The maximum absolute atomic E-state index is 11.3. The lowest BCUT2D eigenvalue weighted by atomic mass is 10.1. The van der Waals surface area contributed by atoms with Gasteiger partial charge in [-0.1, -0.05) is 6.92 Å². The SMILES string of the molecule is CCC(COc1ccc(OC)cc1)C(=O)OC. The Morgan fingerprint density at radius 1 is 1.18 bits per heavy atom. The molecule has 0 saturated heterocycles. The Morgan fingerprint density at radius 3 is 2.24 bits per heavy atom. The van der Waals surface area contributed by atoms with Crippen molar-refractivity contribution in [3.8, 4) is 11.5 Å². The minimum absolute atomic E-state index is 0.220. The predicted octanol–water partition coefficient (Wildman–Crippen LogP) is 2.27. The molecule has 4 heteroatoms. The third kappa shape index (κ3) is 3.98. The summed E-state index contributed by atoms with van der Waals surface area (Å²) in [6, 6.07) is 7.24. The third-order valence-corrected chi connectivity index (χ3v) is 2.54.